The number of carbonyl (C=O) groups excluding carboxylic acids is 3. The molecule has 0 saturated carbocycles. The van der Waals surface area contributed by atoms with E-state index in [1.165, 1.54) is 10.4 Å². The van der Waals surface area contributed by atoms with Crippen LogP contribution >= 0.6 is 11.3 Å². The van der Waals surface area contributed by atoms with Crippen LogP contribution in [0, 0.1) is 0 Å². The number of rotatable bonds is 2. The average Bonchev–Trinajstić information content (AvgIpc) is 3.15. The number of thiophene rings is 1. The van der Waals surface area contributed by atoms with Gasteiger partial charge in [-0.1, -0.05) is 12.1 Å². The standard InChI is InChI=1S/C18H16N2O3S/c1-11-12-7-9-24-15(12)6-8-19(11)16(21)10-20-17(22)13-4-2-3-5-14(13)18(20)23/h2-5,7,9,11H,6,8,10H2,1H3/t11-/m1/s1. The van der Waals surface area contributed by atoms with Crippen LogP contribution < -0.4 is 0 Å². The quantitative estimate of drug-likeness (QED) is 0.789. The van der Waals surface area contributed by atoms with E-state index >= 15 is 0 Å². The second-order valence-corrected chi connectivity index (χ2v) is 7.05. The fourth-order valence-corrected chi connectivity index (χ4v) is 4.42. The summed E-state index contributed by atoms with van der Waals surface area (Å²) in [5.74, 6) is -0.955. The second-order valence-electron chi connectivity index (χ2n) is 6.05. The van der Waals surface area contributed by atoms with Crippen LogP contribution in [-0.2, 0) is 11.2 Å². The molecular weight excluding hydrogens is 324 g/mol. The molecule has 0 aliphatic carbocycles. The van der Waals surface area contributed by atoms with Gasteiger partial charge in [0.25, 0.3) is 11.8 Å². The molecule has 2 aliphatic rings. The fraction of sp³-hybridized carbons (Fsp3) is 0.278. The van der Waals surface area contributed by atoms with Gasteiger partial charge in [-0.2, -0.15) is 0 Å². The molecule has 3 amide bonds. The molecule has 2 aromatic rings. The van der Waals surface area contributed by atoms with E-state index in [4.69, 9.17) is 0 Å². The van der Waals surface area contributed by atoms with Crippen LogP contribution in [-0.4, -0.2) is 40.6 Å². The van der Waals surface area contributed by atoms with Crippen molar-refractivity contribution >= 4 is 29.1 Å². The summed E-state index contributed by atoms with van der Waals surface area (Å²) in [5, 5.41) is 2.04. The highest BCUT2D eigenvalue weighted by atomic mass is 32.1. The number of benzene rings is 1. The lowest BCUT2D eigenvalue weighted by Gasteiger charge is -2.34. The fourth-order valence-electron chi connectivity index (χ4n) is 3.46. The molecule has 1 aromatic carbocycles. The molecule has 24 heavy (non-hydrogen) atoms. The first-order chi connectivity index (χ1) is 11.6. The Morgan fingerprint density at radius 3 is 2.50 bits per heavy atom. The molecule has 0 bridgehead atoms. The zero-order valence-electron chi connectivity index (χ0n) is 13.2. The number of hydrogen-bond donors (Lipinski definition) is 0. The average molecular weight is 340 g/mol. The summed E-state index contributed by atoms with van der Waals surface area (Å²) in [4.78, 5) is 41.7. The van der Waals surface area contributed by atoms with Crippen LogP contribution in [0.1, 0.15) is 44.1 Å². The summed E-state index contributed by atoms with van der Waals surface area (Å²) in [7, 11) is 0. The third-order valence-electron chi connectivity index (χ3n) is 4.77. The van der Waals surface area contributed by atoms with Gasteiger partial charge in [0.2, 0.25) is 5.91 Å². The zero-order chi connectivity index (χ0) is 16.8. The minimum absolute atomic E-state index is 0.0253. The molecule has 6 heteroatoms. The Labute approximate surface area is 143 Å². The van der Waals surface area contributed by atoms with Gasteiger partial charge in [-0.15, -0.1) is 11.3 Å². The number of amides is 3. The maximum atomic E-state index is 12.7. The number of hydrogen-bond acceptors (Lipinski definition) is 4. The second kappa shape index (κ2) is 5.56. The van der Waals surface area contributed by atoms with Gasteiger partial charge < -0.3 is 4.90 Å². The summed E-state index contributed by atoms with van der Waals surface area (Å²) >= 11 is 1.71. The molecule has 4 rings (SSSR count). The van der Waals surface area contributed by atoms with Crippen LogP contribution in [0.25, 0.3) is 0 Å². The van der Waals surface area contributed by atoms with Crippen LogP contribution in [0.2, 0.25) is 0 Å². The first-order valence-corrected chi connectivity index (χ1v) is 8.77. The first kappa shape index (κ1) is 15.1. The van der Waals surface area contributed by atoms with E-state index in [1.54, 1.807) is 40.5 Å². The van der Waals surface area contributed by atoms with Crippen LogP contribution in [0.15, 0.2) is 35.7 Å². The number of carbonyl (C=O) groups is 3. The summed E-state index contributed by atoms with van der Waals surface area (Å²) in [6, 6.07) is 8.72. The van der Waals surface area contributed by atoms with Crippen molar-refractivity contribution < 1.29 is 14.4 Å². The first-order valence-electron chi connectivity index (χ1n) is 7.89. The Bertz CT molecular complexity index is 822. The Hall–Kier alpha value is -2.47. The Kier molecular flexibility index (Phi) is 3.49. The van der Waals surface area contributed by atoms with Crippen LogP contribution in [0.5, 0.6) is 0 Å². The van der Waals surface area contributed by atoms with Gasteiger partial charge >= 0.3 is 0 Å². The maximum Gasteiger partial charge on any atom is 0.262 e. The molecule has 3 heterocycles. The normalized spacial score (nSPS) is 19.5. The summed E-state index contributed by atoms with van der Waals surface area (Å²) < 4.78 is 0. The van der Waals surface area contributed by atoms with E-state index < -0.39 is 0 Å². The summed E-state index contributed by atoms with van der Waals surface area (Å²) in [6.45, 7) is 2.41. The molecule has 0 N–H and O–H groups in total. The molecule has 5 nitrogen and oxygen atoms in total. The molecular formula is C18H16N2O3S. The molecule has 0 unspecified atom stereocenters. The lowest BCUT2D eigenvalue weighted by atomic mass is 10.0. The molecule has 2 aliphatic heterocycles. The molecule has 122 valence electrons. The SMILES string of the molecule is C[C@@H]1c2ccsc2CCN1C(=O)CN1C(=O)c2ccccc2C1=O. The van der Waals surface area contributed by atoms with E-state index in [0.717, 1.165) is 11.3 Å². The van der Waals surface area contributed by atoms with E-state index in [-0.39, 0.29) is 30.3 Å². The molecule has 0 spiro atoms. The van der Waals surface area contributed by atoms with E-state index in [0.29, 0.717) is 17.7 Å². The van der Waals surface area contributed by atoms with Crippen LogP contribution in [0.3, 0.4) is 0 Å². The van der Waals surface area contributed by atoms with Crippen molar-refractivity contribution in [2.45, 2.75) is 19.4 Å². The van der Waals surface area contributed by atoms with Gasteiger partial charge in [-0.3, -0.25) is 19.3 Å². The predicted octanol–water partition coefficient (Wildman–Crippen LogP) is 2.49. The van der Waals surface area contributed by atoms with Crippen molar-refractivity contribution in [3.05, 3.63) is 57.3 Å². The van der Waals surface area contributed by atoms with E-state index in [1.807, 2.05) is 18.4 Å². The Morgan fingerprint density at radius 2 is 1.83 bits per heavy atom. The van der Waals surface area contributed by atoms with E-state index in [2.05, 4.69) is 0 Å². The van der Waals surface area contributed by atoms with Gasteiger partial charge in [-0.05, 0) is 42.5 Å². The minimum Gasteiger partial charge on any atom is -0.334 e. The van der Waals surface area contributed by atoms with Crippen molar-refractivity contribution in [2.24, 2.45) is 0 Å². The number of imide groups is 1. The lowest BCUT2D eigenvalue weighted by Crippen LogP contribution is -2.45. The van der Waals surface area contributed by atoms with Crippen molar-refractivity contribution in [1.29, 1.82) is 0 Å². The highest BCUT2D eigenvalue weighted by Crippen LogP contribution is 2.33. The molecule has 0 fully saturated rings. The predicted molar refractivity (Wildman–Crippen MR) is 90.0 cm³/mol. The monoisotopic (exact) mass is 340 g/mol. The third-order valence-corrected chi connectivity index (χ3v) is 5.77. The minimum atomic E-state index is -0.384. The molecule has 0 radical (unpaired) electrons. The Morgan fingerprint density at radius 1 is 1.17 bits per heavy atom. The molecule has 1 atom stereocenters. The van der Waals surface area contributed by atoms with Crippen LogP contribution in [0.4, 0.5) is 0 Å². The van der Waals surface area contributed by atoms with Crippen molar-refractivity contribution in [3.63, 3.8) is 0 Å². The third kappa shape index (κ3) is 2.17. The summed E-state index contributed by atoms with van der Waals surface area (Å²) in [6.07, 6.45) is 0.825. The van der Waals surface area contributed by atoms with Gasteiger partial charge in [-0.25, -0.2) is 0 Å². The number of fused-ring (bicyclic) bond motifs is 2. The van der Waals surface area contributed by atoms with Gasteiger partial charge in [0.1, 0.15) is 6.54 Å². The highest BCUT2D eigenvalue weighted by molar-refractivity contribution is 7.10. The van der Waals surface area contributed by atoms with Crippen molar-refractivity contribution in [1.82, 2.24) is 9.80 Å². The van der Waals surface area contributed by atoms with Crippen molar-refractivity contribution in [2.75, 3.05) is 13.1 Å². The van der Waals surface area contributed by atoms with E-state index in [9.17, 15) is 14.4 Å². The summed E-state index contributed by atoms with van der Waals surface area (Å²) in [5.41, 5.74) is 1.92. The maximum absolute atomic E-state index is 12.7. The molecule has 1 aromatic heterocycles. The van der Waals surface area contributed by atoms with Gasteiger partial charge in [0.05, 0.1) is 17.2 Å². The number of nitrogens with zero attached hydrogens (tertiary/aromatic N) is 2. The van der Waals surface area contributed by atoms with Gasteiger partial charge in [0, 0.05) is 11.4 Å². The topological polar surface area (TPSA) is 57.7 Å². The Balaban J connectivity index is 1.54. The zero-order valence-corrected chi connectivity index (χ0v) is 14.0. The van der Waals surface area contributed by atoms with Crippen molar-refractivity contribution in [3.8, 4) is 0 Å². The van der Waals surface area contributed by atoms with Gasteiger partial charge in [0.15, 0.2) is 0 Å². The highest BCUT2D eigenvalue weighted by Gasteiger charge is 2.38. The largest absolute Gasteiger partial charge is 0.334 e. The molecule has 0 saturated heterocycles. The lowest BCUT2D eigenvalue weighted by molar-refractivity contribution is -0.134. The smallest absolute Gasteiger partial charge is 0.262 e.